The monoisotopic (exact) mass is 308 g/mol. The van der Waals surface area contributed by atoms with Gasteiger partial charge in [0.2, 0.25) is 5.91 Å². The van der Waals surface area contributed by atoms with Crippen LogP contribution in [0.5, 0.6) is 0 Å². The summed E-state index contributed by atoms with van der Waals surface area (Å²) in [7, 11) is 0. The van der Waals surface area contributed by atoms with Gasteiger partial charge < -0.3 is 9.73 Å². The zero-order valence-electron chi connectivity index (χ0n) is 12.9. The molecule has 0 fully saturated rings. The molecule has 0 saturated heterocycles. The third-order valence-electron chi connectivity index (χ3n) is 3.13. The van der Waals surface area contributed by atoms with Crippen molar-refractivity contribution in [2.24, 2.45) is 5.92 Å². The molecule has 1 amide bonds. The second-order valence-corrected chi connectivity index (χ2v) is 5.10. The van der Waals surface area contributed by atoms with E-state index in [0.717, 1.165) is 5.56 Å². The van der Waals surface area contributed by atoms with Crippen LogP contribution in [0.4, 0.5) is 5.69 Å². The first-order valence-corrected chi connectivity index (χ1v) is 7.05. The van der Waals surface area contributed by atoms with Crippen molar-refractivity contribution < 1.29 is 14.0 Å². The van der Waals surface area contributed by atoms with E-state index in [1.807, 2.05) is 13.0 Å². The Labute approximate surface area is 134 Å². The lowest BCUT2D eigenvalue weighted by Gasteiger charge is -2.08. The summed E-state index contributed by atoms with van der Waals surface area (Å²) in [5.41, 5.74) is 1.52. The van der Waals surface area contributed by atoms with E-state index in [-0.39, 0.29) is 0 Å². The zero-order valence-corrected chi connectivity index (χ0v) is 12.9. The van der Waals surface area contributed by atoms with Crippen LogP contribution in [-0.4, -0.2) is 11.7 Å². The molecule has 0 saturated carbocycles. The Morgan fingerprint density at radius 3 is 2.65 bits per heavy atom. The predicted octanol–water partition coefficient (Wildman–Crippen LogP) is 3.26. The van der Waals surface area contributed by atoms with E-state index in [0.29, 0.717) is 17.2 Å². The Kier molecular flexibility index (Phi) is 5.11. The number of hydrogen-bond acceptors (Lipinski definition) is 4. The molecule has 0 aliphatic rings. The van der Waals surface area contributed by atoms with Crippen molar-refractivity contribution in [2.45, 2.75) is 13.8 Å². The highest BCUT2D eigenvalue weighted by atomic mass is 16.3. The normalized spacial score (nSPS) is 11.9. The number of carbonyl (C=O) groups is 2. The Balaban J connectivity index is 2.06. The summed E-state index contributed by atoms with van der Waals surface area (Å²) < 4.78 is 5.29. The Hall–Kier alpha value is -3.13. The SMILES string of the molecule is Cc1cccc(NC(=O)C(C#N)C(=O)C=Cc2ccc(C)o2)c1. The number of ketones is 1. The fourth-order valence-corrected chi connectivity index (χ4v) is 1.99. The summed E-state index contributed by atoms with van der Waals surface area (Å²) in [5, 5.41) is 11.7. The van der Waals surface area contributed by atoms with Crippen LogP contribution in [0.2, 0.25) is 0 Å². The third-order valence-corrected chi connectivity index (χ3v) is 3.13. The summed E-state index contributed by atoms with van der Waals surface area (Å²) in [6, 6.07) is 12.3. The zero-order chi connectivity index (χ0) is 16.8. The van der Waals surface area contributed by atoms with E-state index >= 15 is 0 Å². The summed E-state index contributed by atoms with van der Waals surface area (Å²) in [5.74, 6) is -1.43. The van der Waals surface area contributed by atoms with Crippen molar-refractivity contribution in [1.29, 1.82) is 5.26 Å². The maximum Gasteiger partial charge on any atom is 0.249 e. The molecule has 5 heteroatoms. The molecule has 2 rings (SSSR count). The number of benzene rings is 1. The van der Waals surface area contributed by atoms with E-state index in [4.69, 9.17) is 9.68 Å². The number of nitriles is 1. The minimum Gasteiger partial charge on any atom is -0.462 e. The van der Waals surface area contributed by atoms with Crippen LogP contribution in [-0.2, 0) is 9.59 Å². The van der Waals surface area contributed by atoms with Gasteiger partial charge in [0.1, 0.15) is 11.5 Å². The average molecular weight is 308 g/mol. The van der Waals surface area contributed by atoms with Gasteiger partial charge in [0.15, 0.2) is 11.7 Å². The highest BCUT2D eigenvalue weighted by Crippen LogP contribution is 2.13. The van der Waals surface area contributed by atoms with Gasteiger partial charge in [-0.15, -0.1) is 0 Å². The van der Waals surface area contributed by atoms with Gasteiger partial charge in [0.25, 0.3) is 0 Å². The second-order valence-electron chi connectivity index (χ2n) is 5.10. The average Bonchev–Trinajstić information content (AvgIpc) is 2.91. The number of nitrogens with one attached hydrogen (secondary N) is 1. The Morgan fingerprint density at radius 1 is 1.26 bits per heavy atom. The number of hydrogen-bond donors (Lipinski definition) is 1. The molecule has 0 bridgehead atoms. The van der Waals surface area contributed by atoms with Crippen LogP contribution >= 0.6 is 0 Å². The molecule has 1 N–H and O–H groups in total. The van der Waals surface area contributed by atoms with Gasteiger partial charge >= 0.3 is 0 Å². The maximum atomic E-state index is 12.1. The number of aryl methyl sites for hydroxylation is 2. The van der Waals surface area contributed by atoms with Crippen LogP contribution in [0, 0.1) is 31.1 Å². The highest BCUT2D eigenvalue weighted by Gasteiger charge is 2.24. The molecule has 1 aromatic carbocycles. The lowest BCUT2D eigenvalue weighted by atomic mass is 10.0. The van der Waals surface area contributed by atoms with Crippen molar-refractivity contribution in [3.05, 3.63) is 59.6 Å². The van der Waals surface area contributed by atoms with Gasteiger partial charge in [-0.1, -0.05) is 12.1 Å². The molecule has 116 valence electrons. The van der Waals surface area contributed by atoms with E-state index in [1.54, 1.807) is 43.3 Å². The van der Waals surface area contributed by atoms with Crippen molar-refractivity contribution in [1.82, 2.24) is 0 Å². The second kappa shape index (κ2) is 7.23. The summed E-state index contributed by atoms with van der Waals surface area (Å²) >= 11 is 0. The molecular weight excluding hydrogens is 292 g/mol. The number of amides is 1. The van der Waals surface area contributed by atoms with Gasteiger partial charge in [-0.2, -0.15) is 5.26 Å². The number of anilines is 1. The van der Waals surface area contributed by atoms with Gasteiger partial charge in [0.05, 0.1) is 6.07 Å². The highest BCUT2D eigenvalue weighted by molar-refractivity contribution is 6.14. The fourth-order valence-electron chi connectivity index (χ4n) is 1.99. The number of furan rings is 1. The first kappa shape index (κ1) is 16.2. The van der Waals surface area contributed by atoms with Crippen LogP contribution < -0.4 is 5.32 Å². The lowest BCUT2D eigenvalue weighted by Crippen LogP contribution is -2.27. The standard InChI is InChI=1S/C18H16N2O3/c1-12-4-3-5-14(10-12)20-18(22)16(11-19)17(21)9-8-15-7-6-13(2)23-15/h3-10,16H,1-2H3,(H,20,22). The first-order chi connectivity index (χ1) is 11.0. The summed E-state index contributed by atoms with van der Waals surface area (Å²) in [6.07, 6.45) is 2.63. The quantitative estimate of drug-likeness (QED) is 0.679. The smallest absolute Gasteiger partial charge is 0.249 e. The fraction of sp³-hybridized carbons (Fsp3) is 0.167. The minimum absolute atomic E-state index is 0.492. The number of carbonyl (C=O) groups excluding carboxylic acids is 2. The van der Waals surface area contributed by atoms with E-state index < -0.39 is 17.6 Å². The molecule has 2 aromatic rings. The molecule has 1 aromatic heterocycles. The van der Waals surface area contributed by atoms with Crippen molar-refractivity contribution in [3.63, 3.8) is 0 Å². The number of allylic oxidation sites excluding steroid dienone is 1. The molecule has 0 spiro atoms. The predicted molar refractivity (Wildman–Crippen MR) is 86.4 cm³/mol. The molecule has 1 atom stereocenters. The van der Waals surface area contributed by atoms with Crippen LogP contribution in [0.3, 0.4) is 0 Å². The summed E-state index contributed by atoms with van der Waals surface area (Å²) in [4.78, 5) is 24.1. The van der Waals surface area contributed by atoms with Gasteiger partial charge in [-0.3, -0.25) is 9.59 Å². The number of rotatable bonds is 5. The third kappa shape index (κ3) is 4.42. The van der Waals surface area contributed by atoms with E-state index in [2.05, 4.69) is 5.32 Å². The topological polar surface area (TPSA) is 83.1 Å². The molecule has 1 unspecified atom stereocenters. The minimum atomic E-state index is -1.40. The molecule has 5 nitrogen and oxygen atoms in total. The molecule has 1 heterocycles. The molecule has 23 heavy (non-hydrogen) atoms. The van der Waals surface area contributed by atoms with Crippen molar-refractivity contribution in [2.75, 3.05) is 5.32 Å². The molecule has 0 aliphatic heterocycles. The maximum absolute atomic E-state index is 12.1. The molecular formula is C18H16N2O3. The largest absolute Gasteiger partial charge is 0.462 e. The van der Waals surface area contributed by atoms with Crippen molar-refractivity contribution >= 4 is 23.5 Å². The van der Waals surface area contributed by atoms with E-state index in [1.165, 1.54) is 12.2 Å². The summed E-state index contributed by atoms with van der Waals surface area (Å²) in [6.45, 7) is 3.67. The van der Waals surface area contributed by atoms with Crippen molar-refractivity contribution in [3.8, 4) is 6.07 Å². The van der Waals surface area contributed by atoms with Gasteiger partial charge in [0, 0.05) is 5.69 Å². The van der Waals surface area contributed by atoms with Gasteiger partial charge in [-0.05, 0) is 55.8 Å². The number of nitrogens with zero attached hydrogens (tertiary/aromatic N) is 1. The molecule has 0 radical (unpaired) electrons. The Bertz CT molecular complexity index is 797. The van der Waals surface area contributed by atoms with Gasteiger partial charge in [-0.25, -0.2) is 0 Å². The van der Waals surface area contributed by atoms with Crippen LogP contribution in [0.25, 0.3) is 6.08 Å². The Morgan fingerprint density at radius 2 is 2.04 bits per heavy atom. The van der Waals surface area contributed by atoms with E-state index in [9.17, 15) is 9.59 Å². The lowest BCUT2D eigenvalue weighted by molar-refractivity contribution is -0.126. The van der Waals surface area contributed by atoms with Crippen LogP contribution in [0.15, 0.2) is 46.9 Å². The van der Waals surface area contributed by atoms with Crippen LogP contribution in [0.1, 0.15) is 17.1 Å². The molecule has 0 aliphatic carbocycles. The first-order valence-electron chi connectivity index (χ1n) is 7.05.